The molecule has 2 aromatic carbocycles. The lowest BCUT2D eigenvalue weighted by Gasteiger charge is -2.14. The highest BCUT2D eigenvalue weighted by Crippen LogP contribution is 2.37. The molecule has 14 heteroatoms. The molecular formula is C21H11Cl2F6N5O. The van der Waals surface area contributed by atoms with E-state index in [-0.39, 0.29) is 22.6 Å². The zero-order valence-electron chi connectivity index (χ0n) is 17.0. The minimum atomic E-state index is -5.01. The van der Waals surface area contributed by atoms with Gasteiger partial charge < -0.3 is 0 Å². The zero-order valence-corrected chi connectivity index (χ0v) is 18.6. The van der Waals surface area contributed by atoms with Crippen molar-refractivity contribution in [2.75, 3.05) is 0 Å². The molecule has 0 unspecified atom stereocenters. The quantitative estimate of drug-likeness (QED) is 0.241. The Morgan fingerprint density at radius 1 is 0.943 bits per heavy atom. The third kappa shape index (κ3) is 5.03. The van der Waals surface area contributed by atoms with Crippen molar-refractivity contribution in [3.8, 4) is 11.1 Å². The van der Waals surface area contributed by atoms with Gasteiger partial charge in [0.05, 0.1) is 23.9 Å². The van der Waals surface area contributed by atoms with E-state index in [4.69, 9.17) is 23.2 Å². The summed E-state index contributed by atoms with van der Waals surface area (Å²) < 4.78 is 79.6. The first-order valence-corrected chi connectivity index (χ1v) is 10.3. The fraction of sp³-hybridized carbons (Fsp3) is 0.143. The lowest BCUT2D eigenvalue weighted by atomic mass is 10.0. The van der Waals surface area contributed by atoms with Crippen LogP contribution in [0.5, 0.6) is 0 Å². The number of hydrogen-bond donors (Lipinski definition) is 1. The SMILES string of the molecule is O=C(c1nnn(Cc2cc(C(F)(F)F)cc(C(F)(F)F)c2)c1Cl)c1[nH]ncc1-c1ccccc1Cl. The van der Waals surface area contributed by atoms with Crippen LogP contribution in [0.3, 0.4) is 0 Å². The molecule has 182 valence electrons. The third-order valence-corrected chi connectivity index (χ3v) is 5.60. The Kier molecular flexibility index (Phi) is 6.36. The van der Waals surface area contributed by atoms with Gasteiger partial charge in [0.1, 0.15) is 5.69 Å². The van der Waals surface area contributed by atoms with Crippen LogP contribution in [0.4, 0.5) is 26.3 Å². The van der Waals surface area contributed by atoms with E-state index in [0.717, 1.165) is 4.68 Å². The molecule has 0 aliphatic carbocycles. The van der Waals surface area contributed by atoms with Crippen molar-refractivity contribution in [1.82, 2.24) is 25.2 Å². The van der Waals surface area contributed by atoms with Gasteiger partial charge in [0.2, 0.25) is 5.78 Å². The van der Waals surface area contributed by atoms with Gasteiger partial charge in [-0.05, 0) is 29.8 Å². The number of halogens is 8. The van der Waals surface area contributed by atoms with Gasteiger partial charge in [-0.1, -0.05) is 46.6 Å². The molecule has 4 rings (SSSR count). The van der Waals surface area contributed by atoms with Crippen LogP contribution >= 0.6 is 23.2 Å². The molecule has 0 saturated heterocycles. The Morgan fingerprint density at radius 3 is 2.17 bits per heavy atom. The Bertz CT molecular complexity index is 1380. The molecule has 0 fully saturated rings. The van der Waals surface area contributed by atoms with E-state index in [0.29, 0.717) is 28.3 Å². The van der Waals surface area contributed by atoms with Gasteiger partial charge in [-0.25, -0.2) is 4.68 Å². The number of alkyl halides is 6. The number of nitrogens with one attached hydrogen (secondary N) is 1. The first-order valence-electron chi connectivity index (χ1n) is 9.56. The largest absolute Gasteiger partial charge is 0.416 e. The Labute approximate surface area is 202 Å². The molecule has 0 amide bonds. The number of H-pyrrole nitrogens is 1. The molecule has 0 saturated carbocycles. The highest BCUT2D eigenvalue weighted by Gasteiger charge is 2.37. The Balaban J connectivity index is 1.69. The van der Waals surface area contributed by atoms with Gasteiger partial charge in [0.25, 0.3) is 0 Å². The van der Waals surface area contributed by atoms with E-state index >= 15 is 0 Å². The number of carbonyl (C=O) groups excluding carboxylic acids is 1. The molecule has 0 aliphatic heterocycles. The lowest BCUT2D eigenvalue weighted by Crippen LogP contribution is -2.13. The summed E-state index contributed by atoms with van der Waals surface area (Å²) in [6.07, 6.45) is -8.67. The highest BCUT2D eigenvalue weighted by molar-refractivity contribution is 6.35. The number of carbonyl (C=O) groups is 1. The highest BCUT2D eigenvalue weighted by atomic mass is 35.5. The summed E-state index contributed by atoms with van der Waals surface area (Å²) in [5, 5.41) is 13.6. The number of aromatic amines is 1. The van der Waals surface area contributed by atoms with Crippen molar-refractivity contribution in [3.63, 3.8) is 0 Å². The summed E-state index contributed by atoms with van der Waals surface area (Å²) in [5.74, 6) is -0.756. The maximum atomic E-state index is 13.1. The smallest absolute Gasteiger partial charge is 0.285 e. The van der Waals surface area contributed by atoms with Gasteiger partial charge in [-0.2, -0.15) is 31.4 Å². The fourth-order valence-corrected chi connectivity index (χ4v) is 3.74. The molecule has 6 nitrogen and oxygen atoms in total. The molecule has 2 aromatic heterocycles. The van der Waals surface area contributed by atoms with Crippen molar-refractivity contribution in [2.24, 2.45) is 0 Å². The van der Waals surface area contributed by atoms with Crippen LogP contribution < -0.4 is 0 Å². The fourth-order valence-electron chi connectivity index (χ4n) is 3.29. The van der Waals surface area contributed by atoms with Crippen LogP contribution in [0.15, 0.2) is 48.7 Å². The first-order chi connectivity index (χ1) is 16.4. The molecule has 0 spiro atoms. The number of aromatic nitrogens is 5. The molecule has 0 atom stereocenters. The van der Waals surface area contributed by atoms with Crippen LogP contribution in [0, 0.1) is 0 Å². The summed E-state index contributed by atoms with van der Waals surface area (Å²) in [6, 6.07) is 7.72. The Morgan fingerprint density at radius 2 is 1.57 bits per heavy atom. The second-order valence-electron chi connectivity index (χ2n) is 7.27. The third-order valence-electron chi connectivity index (χ3n) is 4.90. The number of benzene rings is 2. The van der Waals surface area contributed by atoms with Crippen molar-refractivity contribution in [2.45, 2.75) is 18.9 Å². The van der Waals surface area contributed by atoms with Crippen LogP contribution in [0.2, 0.25) is 10.2 Å². The zero-order chi connectivity index (χ0) is 25.5. The van der Waals surface area contributed by atoms with Gasteiger partial charge >= 0.3 is 12.4 Å². The maximum Gasteiger partial charge on any atom is 0.416 e. The molecule has 1 N–H and O–H groups in total. The predicted molar refractivity (Wildman–Crippen MR) is 113 cm³/mol. The van der Waals surface area contributed by atoms with Crippen LogP contribution in [-0.2, 0) is 18.9 Å². The van der Waals surface area contributed by atoms with Gasteiger partial charge in [0.15, 0.2) is 10.8 Å². The lowest BCUT2D eigenvalue weighted by molar-refractivity contribution is -0.143. The van der Waals surface area contributed by atoms with E-state index in [1.54, 1.807) is 24.3 Å². The molecule has 0 bridgehead atoms. The van der Waals surface area contributed by atoms with E-state index in [2.05, 4.69) is 20.5 Å². The van der Waals surface area contributed by atoms with Crippen LogP contribution in [-0.4, -0.2) is 31.0 Å². The second-order valence-corrected chi connectivity index (χ2v) is 8.03. The predicted octanol–water partition coefficient (Wildman–Crippen LogP) is 6.29. The van der Waals surface area contributed by atoms with E-state index in [9.17, 15) is 31.1 Å². The average Bonchev–Trinajstić information content (AvgIpc) is 3.40. The van der Waals surface area contributed by atoms with Crippen molar-refractivity contribution in [1.29, 1.82) is 0 Å². The topological polar surface area (TPSA) is 76.5 Å². The molecule has 0 aliphatic rings. The van der Waals surface area contributed by atoms with E-state index in [1.165, 1.54) is 6.20 Å². The standard InChI is InChI=1S/C21H11Cl2F6N5O/c22-15-4-2-1-3-13(15)14-8-30-31-16(14)18(35)17-19(23)34(33-32-17)9-10-5-11(20(24,25)26)7-12(6-10)21(27,28)29/h1-8H,9H2,(H,30,31). The minimum Gasteiger partial charge on any atom is -0.285 e. The molecule has 2 heterocycles. The summed E-state index contributed by atoms with van der Waals surface area (Å²) in [5.41, 5.74) is -2.97. The van der Waals surface area contributed by atoms with Crippen LogP contribution in [0.25, 0.3) is 11.1 Å². The molecule has 0 radical (unpaired) electrons. The monoisotopic (exact) mass is 533 g/mol. The van der Waals surface area contributed by atoms with Crippen molar-refractivity contribution in [3.05, 3.63) is 86.9 Å². The average molecular weight is 534 g/mol. The number of rotatable bonds is 5. The number of ketones is 1. The summed E-state index contributed by atoms with van der Waals surface area (Å²) in [6.45, 7) is -0.605. The summed E-state index contributed by atoms with van der Waals surface area (Å²) in [4.78, 5) is 13.1. The van der Waals surface area contributed by atoms with Gasteiger partial charge in [-0.3, -0.25) is 9.89 Å². The van der Waals surface area contributed by atoms with Crippen LogP contribution in [0.1, 0.15) is 32.9 Å². The number of hydrogen-bond acceptors (Lipinski definition) is 4. The van der Waals surface area contributed by atoms with Gasteiger partial charge in [-0.15, -0.1) is 5.10 Å². The Hall–Kier alpha value is -3.38. The maximum absolute atomic E-state index is 13.1. The molecule has 35 heavy (non-hydrogen) atoms. The summed E-state index contributed by atoms with van der Waals surface area (Å²) >= 11 is 12.4. The number of nitrogens with zero attached hydrogens (tertiary/aromatic N) is 4. The molecule has 4 aromatic rings. The molecular weight excluding hydrogens is 523 g/mol. The van der Waals surface area contributed by atoms with Gasteiger partial charge in [0, 0.05) is 16.1 Å². The van der Waals surface area contributed by atoms with E-state index < -0.39 is 41.4 Å². The summed E-state index contributed by atoms with van der Waals surface area (Å²) in [7, 11) is 0. The second kappa shape index (κ2) is 9.00. The minimum absolute atomic E-state index is 0.00980. The van der Waals surface area contributed by atoms with Crippen molar-refractivity contribution < 1.29 is 31.1 Å². The first kappa shape index (κ1) is 24.7. The van der Waals surface area contributed by atoms with Crippen molar-refractivity contribution >= 4 is 29.0 Å². The normalized spacial score (nSPS) is 12.2. The van der Waals surface area contributed by atoms with E-state index in [1.807, 2.05) is 0 Å².